The first-order valence-corrected chi connectivity index (χ1v) is 6.60. The normalized spacial score (nSPS) is 15.8. The van der Waals surface area contributed by atoms with Gasteiger partial charge in [0.25, 0.3) is 0 Å². The van der Waals surface area contributed by atoms with Crippen molar-refractivity contribution in [3.63, 3.8) is 0 Å². The van der Waals surface area contributed by atoms with Crippen molar-refractivity contribution in [3.8, 4) is 5.75 Å². The Morgan fingerprint density at radius 3 is 2.47 bits per heavy atom. The van der Waals surface area contributed by atoms with E-state index >= 15 is 0 Å². The lowest BCUT2D eigenvalue weighted by Crippen LogP contribution is -2.39. The molecule has 0 aromatic heterocycles. The van der Waals surface area contributed by atoms with Crippen LogP contribution in [0.2, 0.25) is 0 Å². The molecule has 2 atom stereocenters. The lowest BCUT2D eigenvalue weighted by Gasteiger charge is -2.34. The van der Waals surface area contributed by atoms with Crippen LogP contribution < -0.4 is 10.5 Å². The van der Waals surface area contributed by atoms with Gasteiger partial charge in [-0.2, -0.15) is 0 Å². The van der Waals surface area contributed by atoms with Gasteiger partial charge in [0.15, 0.2) is 0 Å². The Bertz CT molecular complexity index is 377. The van der Waals surface area contributed by atoms with Crippen LogP contribution in [0.15, 0.2) is 24.3 Å². The van der Waals surface area contributed by atoms with Gasteiger partial charge in [0.1, 0.15) is 12.4 Å². The molecule has 0 aliphatic heterocycles. The summed E-state index contributed by atoms with van der Waals surface area (Å²) in [6.45, 7) is 5.15. The number of benzene rings is 1. The second-order valence-electron chi connectivity index (χ2n) is 4.73. The predicted molar refractivity (Wildman–Crippen MR) is 76.4 cm³/mol. The molecule has 108 valence electrons. The maximum Gasteiger partial charge on any atom is 0.124 e. The summed E-state index contributed by atoms with van der Waals surface area (Å²) in [6.07, 6.45) is 0.830. The molecule has 0 saturated heterocycles. The number of methoxy groups -OCH3 is 2. The third-order valence-electron chi connectivity index (χ3n) is 3.63. The fraction of sp³-hybridized carbons (Fsp3) is 0.600. The second kappa shape index (κ2) is 7.48. The van der Waals surface area contributed by atoms with Crippen molar-refractivity contribution in [2.24, 2.45) is 5.73 Å². The molecule has 0 spiro atoms. The van der Waals surface area contributed by atoms with Gasteiger partial charge in [0.2, 0.25) is 0 Å². The molecule has 0 heterocycles. The van der Waals surface area contributed by atoms with Crippen molar-refractivity contribution in [2.45, 2.75) is 31.9 Å². The van der Waals surface area contributed by atoms with E-state index in [4.69, 9.17) is 19.9 Å². The minimum Gasteiger partial charge on any atom is -0.491 e. The third kappa shape index (κ3) is 3.93. The van der Waals surface area contributed by atoms with Gasteiger partial charge < -0.3 is 19.9 Å². The van der Waals surface area contributed by atoms with Gasteiger partial charge in [-0.05, 0) is 19.4 Å². The first-order valence-electron chi connectivity index (χ1n) is 6.60. The topological polar surface area (TPSA) is 53.7 Å². The maximum atomic E-state index is 6.36. The van der Waals surface area contributed by atoms with E-state index < -0.39 is 5.60 Å². The molecule has 0 aliphatic carbocycles. The SMILES string of the molecule is CCC(C)(OC)C(N)c1ccccc1OCCOC. The van der Waals surface area contributed by atoms with Gasteiger partial charge in [0, 0.05) is 19.8 Å². The molecule has 0 amide bonds. The molecule has 19 heavy (non-hydrogen) atoms. The summed E-state index contributed by atoms with van der Waals surface area (Å²) in [5, 5.41) is 0. The van der Waals surface area contributed by atoms with Crippen molar-refractivity contribution in [2.75, 3.05) is 27.4 Å². The monoisotopic (exact) mass is 267 g/mol. The van der Waals surface area contributed by atoms with E-state index in [2.05, 4.69) is 6.92 Å². The molecule has 4 heteroatoms. The van der Waals surface area contributed by atoms with Gasteiger partial charge in [-0.3, -0.25) is 0 Å². The van der Waals surface area contributed by atoms with Gasteiger partial charge >= 0.3 is 0 Å². The maximum absolute atomic E-state index is 6.36. The molecule has 2 N–H and O–H groups in total. The molecule has 1 aromatic rings. The zero-order valence-corrected chi connectivity index (χ0v) is 12.3. The lowest BCUT2D eigenvalue weighted by atomic mass is 9.88. The average Bonchev–Trinajstić information content (AvgIpc) is 2.46. The summed E-state index contributed by atoms with van der Waals surface area (Å²) < 4.78 is 16.3. The minimum absolute atomic E-state index is 0.235. The van der Waals surface area contributed by atoms with Crippen molar-refractivity contribution in [1.29, 1.82) is 0 Å². The van der Waals surface area contributed by atoms with Crippen molar-refractivity contribution < 1.29 is 14.2 Å². The molecule has 0 fully saturated rings. The molecule has 0 bridgehead atoms. The Balaban J connectivity index is 2.92. The van der Waals surface area contributed by atoms with Crippen LogP contribution >= 0.6 is 0 Å². The number of rotatable bonds is 8. The average molecular weight is 267 g/mol. The molecule has 1 aromatic carbocycles. The third-order valence-corrected chi connectivity index (χ3v) is 3.63. The van der Waals surface area contributed by atoms with E-state index in [-0.39, 0.29) is 6.04 Å². The molecule has 0 radical (unpaired) electrons. The minimum atomic E-state index is -0.402. The fourth-order valence-corrected chi connectivity index (χ4v) is 1.92. The van der Waals surface area contributed by atoms with E-state index in [1.54, 1.807) is 14.2 Å². The smallest absolute Gasteiger partial charge is 0.124 e. The fourth-order valence-electron chi connectivity index (χ4n) is 1.92. The van der Waals surface area contributed by atoms with Gasteiger partial charge in [-0.1, -0.05) is 25.1 Å². The first-order chi connectivity index (χ1) is 9.09. The first kappa shape index (κ1) is 16.0. The van der Waals surface area contributed by atoms with E-state index in [0.29, 0.717) is 13.2 Å². The van der Waals surface area contributed by atoms with Crippen LogP contribution in [-0.4, -0.2) is 33.0 Å². The zero-order chi connectivity index (χ0) is 14.3. The van der Waals surface area contributed by atoms with E-state index in [1.165, 1.54) is 0 Å². The summed E-state index contributed by atoms with van der Waals surface area (Å²) in [4.78, 5) is 0. The van der Waals surface area contributed by atoms with Crippen LogP contribution in [0.4, 0.5) is 0 Å². The highest BCUT2D eigenvalue weighted by atomic mass is 16.5. The summed E-state index contributed by atoms with van der Waals surface area (Å²) in [7, 11) is 3.35. The van der Waals surface area contributed by atoms with Crippen LogP contribution in [0.3, 0.4) is 0 Å². The molecule has 2 unspecified atom stereocenters. The number of ether oxygens (including phenoxy) is 3. The van der Waals surface area contributed by atoms with Crippen LogP contribution in [0.25, 0.3) is 0 Å². The number of hydrogen-bond donors (Lipinski definition) is 1. The van der Waals surface area contributed by atoms with Crippen molar-refractivity contribution in [1.82, 2.24) is 0 Å². The Hall–Kier alpha value is -1.10. The number of para-hydroxylation sites is 1. The molecule has 0 saturated carbocycles. The van der Waals surface area contributed by atoms with Crippen LogP contribution in [-0.2, 0) is 9.47 Å². The molecular weight excluding hydrogens is 242 g/mol. The highest BCUT2D eigenvalue weighted by molar-refractivity contribution is 5.37. The highest BCUT2D eigenvalue weighted by Crippen LogP contribution is 2.34. The molecule has 1 rings (SSSR count). The summed E-state index contributed by atoms with van der Waals surface area (Å²) in [5.74, 6) is 0.795. The largest absolute Gasteiger partial charge is 0.491 e. The summed E-state index contributed by atoms with van der Waals surface area (Å²) in [6, 6.07) is 7.58. The van der Waals surface area contributed by atoms with Crippen LogP contribution in [0.5, 0.6) is 5.75 Å². The second-order valence-corrected chi connectivity index (χ2v) is 4.73. The quantitative estimate of drug-likeness (QED) is 0.735. The van der Waals surface area contributed by atoms with E-state index in [0.717, 1.165) is 17.7 Å². The Morgan fingerprint density at radius 1 is 1.21 bits per heavy atom. The number of nitrogens with two attached hydrogens (primary N) is 1. The molecular formula is C15H25NO3. The Labute approximate surface area is 115 Å². The predicted octanol–water partition coefficient (Wildman–Crippen LogP) is 2.53. The molecule has 4 nitrogen and oxygen atoms in total. The van der Waals surface area contributed by atoms with Crippen LogP contribution in [0.1, 0.15) is 31.9 Å². The Morgan fingerprint density at radius 2 is 1.89 bits per heavy atom. The highest BCUT2D eigenvalue weighted by Gasteiger charge is 2.32. The van der Waals surface area contributed by atoms with Gasteiger partial charge in [-0.25, -0.2) is 0 Å². The van der Waals surface area contributed by atoms with Gasteiger partial charge in [0.05, 0.1) is 18.2 Å². The van der Waals surface area contributed by atoms with Crippen molar-refractivity contribution >= 4 is 0 Å². The number of hydrogen-bond acceptors (Lipinski definition) is 4. The standard InChI is InChI=1S/C15H25NO3/c1-5-15(2,18-4)14(16)12-8-6-7-9-13(12)19-11-10-17-3/h6-9,14H,5,10-11,16H2,1-4H3. The van der Waals surface area contributed by atoms with Crippen molar-refractivity contribution in [3.05, 3.63) is 29.8 Å². The molecule has 0 aliphatic rings. The zero-order valence-electron chi connectivity index (χ0n) is 12.3. The summed E-state index contributed by atoms with van der Waals surface area (Å²) >= 11 is 0. The van der Waals surface area contributed by atoms with Crippen LogP contribution in [0, 0.1) is 0 Å². The van der Waals surface area contributed by atoms with E-state index in [9.17, 15) is 0 Å². The van der Waals surface area contributed by atoms with E-state index in [1.807, 2.05) is 31.2 Å². The Kier molecular flexibility index (Phi) is 6.28. The van der Waals surface area contributed by atoms with Gasteiger partial charge in [-0.15, -0.1) is 0 Å². The lowest BCUT2D eigenvalue weighted by molar-refractivity contribution is -0.0201. The summed E-state index contributed by atoms with van der Waals surface area (Å²) in [5.41, 5.74) is 6.92.